The quantitative estimate of drug-likeness (QED) is 0.334. The van der Waals surface area contributed by atoms with Crippen LogP contribution in [0.15, 0.2) is 88.6 Å². The Morgan fingerprint density at radius 3 is 1.92 bits per heavy atom. The summed E-state index contributed by atoms with van der Waals surface area (Å²) in [6.45, 7) is 0. The highest BCUT2D eigenvalue weighted by Gasteiger charge is 2.21. The Labute approximate surface area is 140 Å². The zero-order chi connectivity index (χ0) is 16.7. The van der Waals surface area contributed by atoms with E-state index in [1.807, 2.05) is 60.7 Å². The highest BCUT2D eigenvalue weighted by molar-refractivity contribution is 7.64. The van der Waals surface area contributed by atoms with Crippen molar-refractivity contribution < 1.29 is 8.98 Å². The molecule has 0 aliphatic rings. The number of anilines is 2. The number of nitrogens with zero attached hydrogens (tertiary/aromatic N) is 1. The maximum atomic E-state index is 13.2. The third-order valence-electron chi connectivity index (χ3n) is 3.05. The molecule has 1 heterocycles. The molecule has 0 amide bonds. The Bertz CT molecular complexity index is 775. The van der Waals surface area contributed by atoms with Crippen LogP contribution >= 0.6 is 7.59 Å². The Morgan fingerprint density at radius 1 is 0.833 bits per heavy atom. The van der Waals surface area contributed by atoms with Gasteiger partial charge in [-0.3, -0.25) is 0 Å². The predicted molar refractivity (Wildman–Crippen MR) is 97.2 cm³/mol. The molecular weight excluding hydrogens is 323 g/mol. The van der Waals surface area contributed by atoms with Gasteiger partial charge in [-0.1, -0.05) is 36.4 Å². The van der Waals surface area contributed by atoms with Crippen molar-refractivity contribution >= 4 is 25.2 Å². The van der Waals surface area contributed by atoms with Crippen molar-refractivity contribution in [1.82, 2.24) is 5.20 Å². The maximum Gasteiger partial charge on any atom is 0.368 e. The van der Waals surface area contributed by atoms with Crippen molar-refractivity contribution in [3.05, 3.63) is 84.8 Å². The van der Waals surface area contributed by atoms with E-state index in [2.05, 4.69) is 20.5 Å². The highest BCUT2D eigenvalue weighted by atomic mass is 31.2. The van der Waals surface area contributed by atoms with Crippen molar-refractivity contribution in [2.75, 3.05) is 10.2 Å². The first-order valence-electron chi connectivity index (χ1n) is 7.34. The third-order valence-corrected chi connectivity index (χ3v) is 4.60. The Hall–Kier alpha value is -2.98. The largest absolute Gasteiger partial charge is 0.463 e. The minimum atomic E-state index is -3.27. The van der Waals surface area contributed by atoms with Gasteiger partial charge in [-0.2, -0.15) is 5.10 Å². The lowest BCUT2D eigenvalue weighted by Crippen LogP contribution is -2.17. The molecule has 0 fully saturated rings. The number of hydrogen-bond donors (Lipinski definition) is 3. The van der Waals surface area contributed by atoms with E-state index in [1.165, 1.54) is 6.21 Å². The molecule has 122 valence electrons. The van der Waals surface area contributed by atoms with Gasteiger partial charge in [0, 0.05) is 11.4 Å². The summed E-state index contributed by atoms with van der Waals surface area (Å²) in [6, 6.07) is 22.1. The van der Waals surface area contributed by atoms with E-state index in [0.29, 0.717) is 17.1 Å². The van der Waals surface area contributed by atoms with Gasteiger partial charge in [0.25, 0.3) is 0 Å². The van der Waals surface area contributed by atoms with E-state index >= 15 is 0 Å². The van der Waals surface area contributed by atoms with Gasteiger partial charge in [-0.05, 0) is 36.4 Å². The predicted octanol–water partition coefficient (Wildman–Crippen LogP) is 4.54. The average molecular weight is 340 g/mol. The smallest absolute Gasteiger partial charge is 0.368 e. The van der Waals surface area contributed by atoms with Crippen LogP contribution in [0.1, 0.15) is 5.76 Å². The first kappa shape index (κ1) is 15.9. The second-order valence-corrected chi connectivity index (χ2v) is 6.80. The van der Waals surface area contributed by atoms with E-state index < -0.39 is 7.59 Å². The van der Waals surface area contributed by atoms with E-state index in [9.17, 15) is 4.57 Å². The van der Waals surface area contributed by atoms with Crippen LogP contribution in [0.25, 0.3) is 0 Å². The summed E-state index contributed by atoms with van der Waals surface area (Å²) < 4.78 is 18.4. The lowest BCUT2D eigenvalue weighted by molar-refractivity contribution is 0.559. The van der Waals surface area contributed by atoms with Crippen LogP contribution in [0.4, 0.5) is 11.4 Å². The molecule has 2 aromatic carbocycles. The van der Waals surface area contributed by atoms with Crippen LogP contribution in [0, 0.1) is 0 Å². The van der Waals surface area contributed by atoms with E-state index in [0.717, 1.165) is 0 Å². The minimum absolute atomic E-state index is 0.563. The number of benzene rings is 2. The van der Waals surface area contributed by atoms with Crippen LogP contribution in [0.3, 0.4) is 0 Å². The Morgan fingerprint density at radius 2 is 1.42 bits per heavy atom. The topological polar surface area (TPSA) is 78.7 Å². The number of hydrogen-bond acceptors (Lipinski definition) is 3. The fraction of sp³-hybridized carbons (Fsp3) is 0. The molecule has 3 N–H and O–H groups in total. The number of furan rings is 1. The zero-order valence-corrected chi connectivity index (χ0v) is 13.7. The SMILES string of the molecule is O=P(NN=Cc1ccco1)(Nc1ccccc1)Nc1ccccc1. The molecule has 0 saturated heterocycles. The lowest BCUT2D eigenvalue weighted by Gasteiger charge is -2.21. The summed E-state index contributed by atoms with van der Waals surface area (Å²) in [7, 11) is -3.27. The van der Waals surface area contributed by atoms with Gasteiger partial charge < -0.3 is 14.6 Å². The fourth-order valence-electron chi connectivity index (χ4n) is 2.01. The van der Waals surface area contributed by atoms with Gasteiger partial charge >= 0.3 is 7.59 Å². The van der Waals surface area contributed by atoms with Crippen molar-refractivity contribution in [1.29, 1.82) is 0 Å². The Balaban J connectivity index is 1.78. The summed E-state index contributed by atoms with van der Waals surface area (Å²) in [6.07, 6.45) is 3.01. The molecule has 3 rings (SSSR count). The van der Waals surface area contributed by atoms with Crippen molar-refractivity contribution in [3.63, 3.8) is 0 Å². The Kier molecular flexibility index (Phi) is 4.99. The molecular formula is C17H17N4O2P. The van der Waals surface area contributed by atoms with E-state index in [-0.39, 0.29) is 0 Å². The summed E-state index contributed by atoms with van der Waals surface area (Å²) >= 11 is 0. The average Bonchev–Trinajstić information content (AvgIpc) is 3.10. The molecule has 0 radical (unpaired) electrons. The molecule has 0 unspecified atom stereocenters. The second-order valence-electron chi connectivity index (χ2n) is 4.94. The number of hydrazone groups is 1. The van der Waals surface area contributed by atoms with Crippen molar-refractivity contribution in [3.8, 4) is 0 Å². The molecule has 7 heteroatoms. The van der Waals surface area contributed by atoms with Gasteiger partial charge in [0.15, 0.2) is 0 Å². The van der Waals surface area contributed by atoms with Gasteiger partial charge in [0.2, 0.25) is 0 Å². The molecule has 0 saturated carbocycles. The van der Waals surface area contributed by atoms with E-state index in [4.69, 9.17) is 4.42 Å². The molecule has 1 aromatic heterocycles. The molecule has 0 spiro atoms. The number of nitrogens with one attached hydrogen (secondary N) is 3. The fourth-order valence-corrected chi connectivity index (χ4v) is 3.41. The maximum absolute atomic E-state index is 13.2. The standard InChI is InChI=1S/C17H17N4O2P/c22-24(19-15-8-3-1-4-9-15,20-16-10-5-2-6-11-16)21-18-14-17-12-7-13-23-17/h1-14H,(H3,19,20,21,22). The summed E-state index contributed by atoms with van der Waals surface area (Å²) in [5.41, 5.74) is 1.43. The van der Waals surface area contributed by atoms with Gasteiger partial charge in [0.05, 0.1) is 12.5 Å². The van der Waals surface area contributed by atoms with Crippen molar-refractivity contribution in [2.45, 2.75) is 0 Å². The summed E-state index contributed by atoms with van der Waals surface area (Å²) in [4.78, 5) is 0. The molecule has 6 nitrogen and oxygen atoms in total. The highest BCUT2D eigenvalue weighted by Crippen LogP contribution is 2.41. The molecule has 24 heavy (non-hydrogen) atoms. The first-order valence-corrected chi connectivity index (χ1v) is 9.05. The summed E-state index contributed by atoms with van der Waals surface area (Å²) in [5.74, 6) is 0.563. The van der Waals surface area contributed by atoms with E-state index in [1.54, 1.807) is 18.4 Å². The third kappa shape index (κ3) is 4.51. The second kappa shape index (κ2) is 7.53. The van der Waals surface area contributed by atoms with Crippen LogP contribution in [-0.2, 0) is 4.57 Å². The van der Waals surface area contributed by atoms with Gasteiger partial charge in [-0.15, -0.1) is 0 Å². The molecule has 3 aromatic rings. The van der Waals surface area contributed by atoms with Crippen molar-refractivity contribution in [2.24, 2.45) is 5.10 Å². The van der Waals surface area contributed by atoms with Crippen LogP contribution < -0.4 is 15.4 Å². The minimum Gasteiger partial charge on any atom is -0.463 e. The van der Waals surface area contributed by atoms with Crippen LogP contribution in [0.5, 0.6) is 0 Å². The number of rotatable bonds is 7. The molecule has 0 aliphatic carbocycles. The molecule has 0 bridgehead atoms. The normalized spacial score (nSPS) is 11.3. The zero-order valence-electron chi connectivity index (χ0n) is 12.8. The van der Waals surface area contributed by atoms with Gasteiger partial charge in [0.1, 0.15) is 5.76 Å². The summed E-state index contributed by atoms with van der Waals surface area (Å²) in [5, 5.41) is 12.6. The van der Waals surface area contributed by atoms with Crippen LogP contribution in [0.2, 0.25) is 0 Å². The molecule has 0 atom stereocenters. The molecule has 0 aliphatic heterocycles. The van der Waals surface area contributed by atoms with Crippen LogP contribution in [-0.4, -0.2) is 6.21 Å². The lowest BCUT2D eigenvalue weighted by atomic mass is 10.3. The van der Waals surface area contributed by atoms with Gasteiger partial charge in [-0.25, -0.2) is 9.76 Å². The first-order chi connectivity index (χ1) is 11.7. The monoisotopic (exact) mass is 340 g/mol. The number of para-hydroxylation sites is 2.